The average Bonchev–Trinajstić information content (AvgIpc) is 2.70. The highest BCUT2D eigenvalue weighted by Crippen LogP contribution is 2.24. The van der Waals surface area contributed by atoms with Crippen molar-refractivity contribution in [3.8, 4) is 10.6 Å². The molecule has 0 fully saturated rings. The van der Waals surface area contributed by atoms with Gasteiger partial charge in [-0.1, -0.05) is 6.92 Å². The summed E-state index contributed by atoms with van der Waals surface area (Å²) < 4.78 is 17.1. The molecule has 0 bridgehead atoms. The van der Waals surface area contributed by atoms with E-state index in [2.05, 4.69) is 9.36 Å². The minimum atomic E-state index is -0.404. The molecule has 0 amide bonds. The molecule has 78 valence electrons. The highest BCUT2D eigenvalue weighted by Gasteiger charge is 2.07. The van der Waals surface area contributed by atoms with E-state index in [1.54, 1.807) is 12.1 Å². The van der Waals surface area contributed by atoms with Crippen molar-refractivity contribution < 1.29 is 4.39 Å². The largest absolute Gasteiger partial charge is 0.396 e. The topological polar surface area (TPSA) is 51.8 Å². The second-order valence-corrected chi connectivity index (χ2v) is 3.86. The maximum atomic E-state index is 12.9. The normalized spacial score (nSPS) is 10.5. The van der Waals surface area contributed by atoms with Crippen molar-refractivity contribution in [2.45, 2.75) is 13.3 Å². The van der Waals surface area contributed by atoms with Crippen LogP contribution in [0.3, 0.4) is 0 Å². The fourth-order valence-electron chi connectivity index (χ4n) is 1.19. The lowest BCUT2D eigenvalue weighted by atomic mass is 10.2. The van der Waals surface area contributed by atoms with Gasteiger partial charge in [0.1, 0.15) is 16.6 Å². The van der Waals surface area contributed by atoms with Crippen molar-refractivity contribution in [1.82, 2.24) is 9.36 Å². The average molecular weight is 223 g/mol. The molecule has 15 heavy (non-hydrogen) atoms. The van der Waals surface area contributed by atoms with Crippen LogP contribution in [-0.4, -0.2) is 9.36 Å². The first-order chi connectivity index (χ1) is 7.20. The van der Waals surface area contributed by atoms with Crippen molar-refractivity contribution in [3.05, 3.63) is 29.8 Å². The van der Waals surface area contributed by atoms with Gasteiger partial charge in [-0.2, -0.15) is 4.37 Å². The molecule has 1 heterocycles. The lowest BCUT2D eigenvalue weighted by Crippen LogP contribution is -1.90. The Labute approximate surface area is 90.9 Å². The van der Waals surface area contributed by atoms with Crippen molar-refractivity contribution in [2.75, 3.05) is 5.73 Å². The van der Waals surface area contributed by atoms with E-state index in [9.17, 15) is 4.39 Å². The van der Waals surface area contributed by atoms with Gasteiger partial charge >= 0.3 is 0 Å². The zero-order valence-electron chi connectivity index (χ0n) is 8.20. The predicted octanol–water partition coefficient (Wildman–Crippen LogP) is 2.49. The number of nitrogens with two attached hydrogens (primary N) is 1. The maximum Gasteiger partial charge on any atom is 0.146 e. The molecular formula is C10H10FN3S. The van der Waals surface area contributed by atoms with E-state index < -0.39 is 5.82 Å². The smallest absolute Gasteiger partial charge is 0.146 e. The highest BCUT2D eigenvalue weighted by atomic mass is 32.1. The van der Waals surface area contributed by atoms with E-state index in [1.165, 1.54) is 17.6 Å². The molecule has 2 N–H and O–H groups in total. The Morgan fingerprint density at radius 2 is 2.27 bits per heavy atom. The van der Waals surface area contributed by atoms with Crippen LogP contribution in [0.15, 0.2) is 18.2 Å². The third-order valence-corrected chi connectivity index (χ3v) is 2.83. The van der Waals surface area contributed by atoms with Gasteiger partial charge in [0.05, 0.1) is 5.69 Å². The summed E-state index contributed by atoms with van der Waals surface area (Å²) in [6.45, 7) is 1.99. The molecule has 0 spiro atoms. The van der Waals surface area contributed by atoms with E-state index in [4.69, 9.17) is 5.73 Å². The lowest BCUT2D eigenvalue weighted by molar-refractivity contribution is 0.632. The van der Waals surface area contributed by atoms with Gasteiger partial charge in [-0.3, -0.25) is 0 Å². The van der Waals surface area contributed by atoms with Gasteiger partial charge < -0.3 is 5.73 Å². The maximum absolute atomic E-state index is 12.9. The van der Waals surface area contributed by atoms with Crippen molar-refractivity contribution >= 4 is 17.2 Å². The first-order valence-corrected chi connectivity index (χ1v) is 5.36. The summed E-state index contributed by atoms with van der Waals surface area (Å²) >= 11 is 1.30. The molecule has 2 aromatic rings. The number of anilines is 1. The summed E-state index contributed by atoms with van der Waals surface area (Å²) in [5.74, 6) is 0.400. The molecule has 0 saturated carbocycles. The van der Waals surface area contributed by atoms with Crippen LogP contribution in [-0.2, 0) is 6.42 Å². The van der Waals surface area contributed by atoms with Crippen molar-refractivity contribution in [2.24, 2.45) is 0 Å². The highest BCUT2D eigenvalue weighted by molar-refractivity contribution is 7.09. The van der Waals surface area contributed by atoms with Crippen LogP contribution in [0, 0.1) is 5.82 Å². The molecule has 2 rings (SSSR count). The van der Waals surface area contributed by atoms with E-state index in [0.717, 1.165) is 22.8 Å². The molecule has 1 aromatic carbocycles. The molecule has 1 aromatic heterocycles. The molecule has 0 aliphatic carbocycles. The van der Waals surface area contributed by atoms with Crippen LogP contribution in [0.4, 0.5) is 10.1 Å². The summed E-state index contributed by atoms with van der Waals surface area (Å²) in [6, 6.07) is 4.58. The number of nitrogens with zero attached hydrogens (tertiary/aromatic N) is 2. The van der Waals surface area contributed by atoms with Gasteiger partial charge in [0.2, 0.25) is 0 Å². The first-order valence-electron chi connectivity index (χ1n) is 4.58. The fraction of sp³-hybridized carbons (Fsp3) is 0.200. The van der Waals surface area contributed by atoms with Gasteiger partial charge in [0.15, 0.2) is 0 Å². The third-order valence-electron chi connectivity index (χ3n) is 2.03. The van der Waals surface area contributed by atoms with Crippen LogP contribution in [0.5, 0.6) is 0 Å². The van der Waals surface area contributed by atoms with Gasteiger partial charge in [-0.25, -0.2) is 9.37 Å². The minimum absolute atomic E-state index is 0.140. The summed E-state index contributed by atoms with van der Waals surface area (Å²) in [6.07, 6.45) is 0.799. The Hall–Kier alpha value is -1.49. The molecule has 0 aliphatic rings. The molecule has 3 nitrogen and oxygen atoms in total. The summed E-state index contributed by atoms with van der Waals surface area (Å²) in [5.41, 5.74) is 6.43. The van der Waals surface area contributed by atoms with Crippen LogP contribution in [0.1, 0.15) is 12.7 Å². The van der Waals surface area contributed by atoms with Crippen molar-refractivity contribution in [1.29, 1.82) is 0 Å². The van der Waals surface area contributed by atoms with Crippen LogP contribution in [0.25, 0.3) is 10.6 Å². The SMILES string of the molecule is CCc1nsc(-c2ccc(F)c(N)c2)n1. The molecule has 0 unspecified atom stereocenters. The Morgan fingerprint density at radius 1 is 1.47 bits per heavy atom. The number of rotatable bonds is 2. The summed E-state index contributed by atoms with van der Waals surface area (Å²) in [7, 11) is 0. The molecule has 0 saturated heterocycles. The molecule has 5 heteroatoms. The number of hydrogen-bond donors (Lipinski definition) is 1. The predicted molar refractivity (Wildman–Crippen MR) is 59.1 cm³/mol. The molecule has 0 radical (unpaired) electrons. The van der Waals surface area contributed by atoms with Gasteiger partial charge in [-0.15, -0.1) is 0 Å². The van der Waals surface area contributed by atoms with Gasteiger partial charge in [0.25, 0.3) is 0 Å². The van der Waals surface area contributed by atoms with Gasteiger partial charge in [0, 0.05) is 12.0 Å². The van der Waals surface area contributed by atoms with Crippen LogP contribution >= 0.6 is 11.5 Å². The number of aromatic nitrogens is 2. The zero-order valence-corrected chi connectivity index (χ0v) is 9.01. The Bertz CT molecular complexity index is 481. The molecule has 0 aliphatic heterocycles. The van der Waals surface area contributed by atoms with Crippen LogP contribution < -0.4 is 5.73 Å². The molecule has 0 atom stereocenters. The van der Waals surface area contributed by atoms with E-state index in [1.807, 2.05) is 6.92 Å². The lowest BCUT2D eigenvalue weighted by Gasteiger charge is -1.98. The van der Waals surface area contributed by atoms with Crippen LogP contribution in [0.2, 0.25) is 0 Å². The van der Waals surface area contributed by atoms with Gasteiger partial charge in [-0.05, 0) is 29.7 Å². The molecular weight excluding hydrogens is 213 g/mol. The second kappa shape index (κ2) is 3.94. The fourth-order valence-corrected chi connectivity index (χ4v) is 1.93. The number of nitrogen functional groups attached to an aromatic ring is 1. The number of aryl methyl sites for hydroxylation is 1. The second-order valence-electron chi connectivity index (χ2n) is 3.11. The van der Waals surface area contributed by atoms with E-state index in [-0.39, 0.29) is 5.69 Å². The number of benzene rings is 1. The Kier molecular flexibility index (Phi) is 2.64. The van der Waals surface area contributed by atoms with E-state index >= 15 is 0 Å². The quantitative estimate of drug-likeness (QED) is 0.796. The Morgan fingerprint density at radius 3 is 2.87 bits per heavy atom. The standard InChI is InChI=1S/C10H10FN3S/c1-2-9-13-10(15-14-9)6-3-4-7(11)8(12)5-6/h3-5H,2,12H2,1H3. The monoisotopic (exact) mass is 223 g/mol. The third kappa shape index (κ3) is 1.97. The number of halogens is 1. The van der Waals surface area contributed by atoms with E-state index in [0.29, 0.717) is 0 Å². The zero-order chi connectivity index (χ0) is 10.8. The van der Waals surface area contributed by atoms with Crippen molar-refractivity contribution in [3.63, 3.8) is 0 Å². The number of hydrogen-bond acceptors (Lipinski definition) is 4. The minimum Gasteiger partial charge on any atom is -0.396 e. The first kappa shape index (κ1) is 10.0. The summed E-state index contributed by atoms with van der Waals surface area (Å²) in [5, 5.41) is 0.776. The Balaban J connectivity index is 2.40. The summed E-state index contributed by atoms with van der Waals surface area (Å²) in [4.78, 5) is 4.30.